The summed E-state index contributed by atoms with van der Waals surface area (Å²) in [5.74, 6) is 1.35. The van der Waals surface area contributed by atoms with Gasteiger partial charge in [0.15, 0.2) is 5.82 Å². The molecule has 31 heavy (non-hydrogen) atoms. The van der Waals surface area contributed by atoms with E-state index in [1.807, 2.05) is 0 Å². The SMILES string of the molecule is COc1ccc(-c2nc(COCCc3cccc(NS(=O)(=O)C(F)(F)F)c3)no2)cc1. The monoisotopic (exact) mass is 457 g/mol. The molecule has 0 unspecified atom stereocenters. The lowest BCUT2D eigenvalue weighted by Crippen LogP contribution is -2.29. The van der Waals surface area contributed by atoms with Crippen molar-refractivity contribution in [3.8, 4) is 17.2 Å². The quantitative estimate of drug-likeness (QED) is 0.488. The van der Waals surface area contributed by atoms with E-state index in [2.05, 4.69) is 10.1 Å². The average molecular weight is 457 g/mol. The van der Waals surface area contributed by atoms with Gasteiger partial charge in [0.05, 0.1) is 13.7 Å². The zero-order chi connectivity index (χ0) is 22.5. The standard InChI is InChI=1S/C19H18F3N3O5S/c1-28-16-7-5-14(6-8-16)18-23-17(24-30-18)12-29-10-9-13-3-2-4-15(11-13)25-31(26,27)19(20,21)22/h2-8,11,25H,9-10,12H2,1H3. The van der Waals surface area contributed by atoms with E-state index < -0.39 is 15.5 Å². The number of benzene rings is 2. The topological polar surface area (TPSA) is 104 Å². The Morgan fingerprint density at radius 1 is 1.13 bits per heavy atom. The Balaban J connectivity index is 1.51. The van der Waals surface area contributed by atoms with Crippen molar-refractivity contribution in [3.05, 3.63) is 59.9 Å². The maximum Gasteiger partial charge on any atom is 0.516 e. The summed E-state index contributed by atoms with van der Waals surface area (Å²) >= 11 is 0. The molecule has 0 radical (unpaired) electrons. The van der Waals surface area contributed by atoms with Crippen molar-refractivity contribution in [1.29, 1.82) is 0 Å². The molecule has 1 aromatic heterocycles. The lowest BCUT2D eigenvalue weighted by Gasteiger charge is -2.11. The Kier molecular flexibility index (Phi) is 6.81. The Bertz CT molecular complexity index is 1120. The lowest BCUT2D eigenvalue weighted by atomic mass is 10.1. The molecule has 0 spiro atoms. The summed E-state index contributed by atoms with van der Waals surface area (Å²) < 4.78 is 77.1. The molecule has 0 bridgehead atoms. The molecule has 0 fully saturated rings. The number of alkyl halides is 3. The summed E-state index contributed by atoms with van der Waals surface area (Å²) in [4.78, 5) is 4.23. The minimum absolute atomic E-state index is 0.0695. The summed E-state index contributed by atoms with van der Waals surface area (Å²) in [5.41, 5.74) is -4.26. The van der Waals surface area contributed by atoms with E-state index in [0.717, 1.165) is 5.56 Å². The fraction of sp³-hybridized carbons (Fsp3) is 0.263. The number of nitrogens with zero attached hydrogens (tertiary/aromatic N) is 2. The first-order valence-corrected chi connectivity index (χ1v) is 10.4. The number of hydrogen-bond donors (Lipinski definition) is 1. The minimum Gasteiger partial charge on any atom is -0.497 e. The number of aromatic nitrogens is 2. The molecule has 12 heteroatoms. The van der Waals surface area contributed by atoms with E-state index in [1.165, 1.54) is 22.9 Å². The molecule has 1 heterocycles. The molecule has 3 aromatic rings. The largest absolute Gasteiger partial charge is 0.516 e. The highest BCUT2D eigenvalue weighted by Gasteiger charge is 2.46. The normalized spacial score (nSPS) is 12.0. The van der Waals surface area contributed by atoms with Crippen molar-refractivity contribution < 1.29 is 35.6 Å². The first kappa shape index (κ1) is 22.6. The van der Waals surface area contributed by atoms with Crippen molar-refractivity contribution in [2.75, 3.05) is 18.4 Å². The molecule has 0 aliphatic heterocycles. The second-order valence-corrected chi connectivity index (χ2v) is 7.97. The van der Waals surface area contributed by atoms with Gasteiger partial charge in [-0.1, -0.05) is 17.3 Å². The van der Waals surface area contributed by atoms with Crippen LogP contribution in [-0.2, 0) is 27.8 Å². The Hall–Kier alpha value is -3.12. The van der Waals surface area contributed by atoms with Crippen LogP contribution >= 0.6 is 0 Å². The van der Waals surface area contributed by atoms with Gasteiger partial charge in [-0.15, -0.1) is 0 Å². The molecular weight excluding hydrogens is 439 g/mol. The van der Waals surface area contributed by atoms with Crippen LogP contribution < -0.4 is 9.46 Å². The second kappa shape index (κ2) is 9.35. The molecule has 166 valence electrons. The maximum atomic E-state index is 12.5. The Morgan fingerprint density at radius 2 is 1.87 bits per heavy atom. The number of hydrogen-bond acceptors (Lipinski definition) is 7. The van der Waals surface area contributed by atoms with Crippen LogP contribution in [0.15, 0.2) is 53.1 Å². The molecule has 3 rings (SSSR count). The fourth-order valence-corrected chi connectivity index (χ4v) is 3.07. The summed E-state index contributed by atoms with van der Waals surface area (Å²) in [5, 5.41) is 3.83. The van der Waals surface area contributed by atoms with Crippen LogP contribution in [0.25, 0.3) is 11.5 Å². The number of rotatable bonds is 9. The third kappa shape index (κ3) is 5.95. The number of nitrogens with one attached hydrogen (secondary N) is 1. The zero-order valence-electron chi connectivity index (χ0n) is 16.2. The first-order valence-electron chi connectivity index (χ1n) is 8.91. The highest BCUT2D eigenvalue weighted by molar-refractivity contribution is 7.93. The molecular formula is C19H18F3N3O5S. The van der Waals surface area contributed by atoms with Crippen molar-refractivity contribution in [3.63, 3.8) is 0 Å². The van der Waals surface area contributed by atoms with Gasteiger partial charge in [-0.05, 0) is 48.4 Å². The highest BCUT2D eigenvalue weighted by atomic mass is 32.2. The van der Waals surface area contributed by atoms with Crippen molar-refractivity contribution in [1.82, 2.24) is 10.1 Å². The van der Waals surface area contributed by atoms with E-state index in [9.17, 15) is 21.6 Å². The summed E-state index contributed by atoms with van der Waals surface area (Å²) in [7, 11) is -3.90. The maximum absolute atomic E-state index is 12.5. The van der Waals surface area contributed by atoms with Gasteiger partial charge in [0.1, 0.15) is 12.4 Å². The molecule has 8 nitrogen and oxygen atoms in total. The van der Waals surface area contributed by atoms with E-state index in [4.69, 9.17) is 14.0 Å². The second-order valence-electron chi connectivity index (χ2n) is 6.30. The number of anilines is 1. The van der Waals surface area contributed by atoms with Crippen LogP contribution in [0.4, 0.5) is 18.9 Å². The van der Waals surface area contributed by atoms with Gasteiger partial charge in [-0.3, -0.25) is 4.72 Å². The van der Waals surface area contributed by atoms with Gasteiger partial charge in [0.2, 0.25) is 0 Å². The predicted molar refractivity (Wildman–Crippen MR) is 105 cm³/mol. The van der Waals surface area contributed by atoms with Crippen molar-refractivity contribution >= 4 is 15.7 Å². The highest BCUT2D eigenvalue weighted by Crippen LogP contribution is 2.26. The van der Waals surface area contributed by atoms with Gasteiger partial charge in [-0.2, -0.15) is 26.6 Å². The summed E-state index contributed by atoms with van der Waals surface area (Å²) in [6, 6.07) is 12.7. The van der Waals surface area contributed by atoms with Crippen LogP contribution in [0, 0.1) is 0 Å². The van der Waals surface area contributed by atoms with Crippen LogP contribution in [-0.4, -0.2) is 37.8 Å². The van der Waals surface area contributed by atoms with Gasteiger partial charge in [-0.25, -0.2) is 0 Å². The lowest BCUT2D eigenvalue weighted by molar-refractivity contribution is -0.0429. The molecule has 0 saturated heterocycles. The van der Waals surface area contributed by atoms with E-state index in [1.54, 1.807) is 37.4 Å². The van der Waals surface area contributed by atoms with Crippen LogP contribution in [0.3, 0.4) is 0 Å². The molecule has 1 N–H and O–H groups in total. The molecule has 0 amide bonds. The molecule has 0 aliphatic rings. The van der Waals surface area contributed by atoms with Crippen molar-refractivity contribution in [2.24, 2.45) is 0 Å². The fourth-order valence-electron chi connectivity index (χ4n) is 2.52. The average Bonchev–Trinajstić information content (AvgIpc) is 3.19. The minimum atomic E-state index is -5.47. The van der Waals surface area contributed by atoms with Gasteiger partial charge < -0.3 is 14.0 Å². The summed E-state index contributed by atoms with van der Waals surface area (Å²) in [6.45, 7) is 0.280. The van der Waals surface area contributed by atoms with E-state index in [-0.39, 0.29) is 18.9 Å². The molecule has 2 aromatic carbocycles. The predicted octanol–water partition coefficient (Wildman–Crippen LogP) is 3.77. The van der Waals surface area contributed by atoms with Crippen LogP contribution in [0.2, 0.25) is 0 Å². The smallest absolute Gasteiger partial charge is 0.497 e. The third-order valence-corrected chi connectivity index (χ3v) is 5.17. The third-order valence-electron chi connectivity index (χ3n) is 4.06. The molecule has 0 atom stereocenters. The van der Waals surface area contributed by atoms with Crippen LogP contribution in [0.1, 0.15) is 11.4 Å². The summed E-state index contributed by atoms with van der Waals surface area (Å²) in [6.07, 6.45) is 0.338. The van der Waals surface area contributed by atoms with Gasteiger partial charge >= 0.3 is 15.5 Å². The zero-order valence-corrected chi connectivity index (χ0v) is 17.0. The van der Waals surface area contributed by atoms with Gasteiger partial charge in [0, 0.05) is 11.3 Å². The van der Waals surface area contributed by atoms with E-state index in [0.29, 0.717) is 29.4 Å². The van der Waals surface area contributed by atoms with Crippen molar-refractivity contribution in [2.45, 2.75) is 18.5 Å². The molecule has 0 saturated carbocycles. The first-order chi connectivity index (χ1) is 14.7. The number of sulfonamides is 1. The van der Waals surface area contributed by atoms with E-state index >= 15 is 0 Å². The number of halogens is 3. The Labute approximate surface area is 176 Å². The van der Waals surface area contributed by atoms with Crippen LogP contribution in [0.5, 0.6) is 5.75 Å². The number of methoxy groups -OCH3 is 1. The number of ether oxygens (including phenoxy) is 2. The Morgan fingerprint density at radius 3 is 2.55 bits per heavy atom. The van der Waals surface area contributed by atoms with Gasteiger partial charge in [0.25, 0.3) is 5.89 Å². The molecule has 0 aliphatic carbocycles.